The molecular weight excluding hydrogens is 217 g/mol. The zero-order chi connectivity index (χ0) is 11.3. The van der Waals surface area contributed by atoms with E-state index < -0.39 is 10.0 Å². The topological polar surface area (TPSA) is 48.2 Å². The standard InChI is InChI=1S/C11H12NO2S.Li/c1-3-4-9-12-15(13,14)11-7-5-10(2)6-8-11;/h5-8H,3H2,1-2H3;/q-1;+1. The largest absolute Gasteiger partial charge is 1.00 e. The summed E-state index contributed by atoms with van der Waals surface area (Å²) in [5.41, 5.74) is 1.01. The second-order valence-electron chi connectivity index (χ2n) is 3.02. The van der Waals surface area contributed by atoms with Crippen molar-refractivity contribution in [2.75, 3.05) is 0 Å². The normalized spacial score (nSPS) is 9.62. The Morgan fingerprint density at radius 2 is 1.81 bits per heavy atom. The first kappa shape index (κ1) is 15.1. The molecule has 0 amide bonds. The molecule has 0 radical (unpaired) electrons. The molecule has 0 fully saturated rings. The quantitative estimate of drug-likeness (QED) is 0.504. The van der Waals surface area contributed by atoms with Crippen LogP contribution in [0.15, 0.2) is 29.2 Å². The van der Waals surface area contributed by atoms with Gasteiger partial charge in [-0.2, -0.15) is 6.04 Å². The predicted octanol–water partition coefficient (Wildman–Crippen LogP) is -0.568. The van der Waals surface area contributed by atoms with Crippen LogP contribution in [0.5, 0.6) is 0 Å². The van der Waals surface area contributed by atoms with E-state index in [1.54, 1.807) is 12.1 Å². The van der Waals surface area contributed by atoms with Crippen molar-refractivity contribution < 1.29 is 27.3 Å². The van der Waals surface area contributed by atoms with Gasteiger partial charge >= 0.3 is 18.9 Å². The number of hydrogen-bond acceptors (Lipinski definition) is 2. The van der Waals surface area contributed by atoms with E-state index in [-0.39, 0.29) is 23.8 Å². The Morgan fingerprint density at radius 1 is 1.25 bits per heavy atom. The number of sulfonamides is 1. The Morgan fingerprint density at radius 3 is 2.31 bits per heavy atom. The average molecular weight is 229 g/mol. The fourth-order valence-electron chi connectivity index (χ4n) is 0.934. The molecule has 80 valence electrons. The van der Waals surface area contributed by atoms with Gasteiger partial charge in [0.05, 0.1) is 4.90 Å². The van der Waals surface area contributed by atoms with Crippen LogP contribution in [-0.2, 0) is 10.0 Å². The van der Waals surface area contributed by atoms with Crippen molar-refractivity contribution in [2.24, 2.45) is 0 Å². The van der Waals surface area contributed by atoms with Gasteiger partial charge in [-0.3, -0.25) is 0 Å². The molecule has 0 saturated carbocycles. The van der Waals surface area contributed by atoms with Crippen LogP contribution in [0.2, 0.25) is 0 Å². The van der Waals surface area contributed by atoms with Crippen molar-refractivity contribution in [1.82, 2.24) is 0 Å². The SMILES string of the molecule is CCC#C[N-]S(=O)(=O)c1ccc(C)cc1.[Li+]. The van der Waals surface area contributed by atoms with E-state index in [0.29, 0.717) is 6.42 Å². The molecule has 1 rings (SSSR count). The van der Waals surface area contributed by atoms with Gasteiger partial charge in [-0.25, -0.2) is 8.42 Å². The summed E-state index contributed by atoms with van der Waals surface area (Å²) >= 11 is 0. The van der Waals surface area contributed by atoms with E-state index >= 15 is 0 Å². The van der Waals surface area contributed by atoms with Crippen molar-refractivity contribution in [1.29, 1.82) is 0 Å². The molecule has 0 saturated heterocycles. The molecule has 0 N–H and O–H groups in total. The first-order chi connectivity index (χ1) is 7.06. The summed E-state index contributed by atoms with van der Waals surface area (Å²) < 4.78 is 26.5. The van der Waals surface area contributed by atoms with Gasteiger partial charge in [-0.15, -0.1) is 5.92 Å². The van der Waals surface area contributed by atoms with E-state index in [4.69, 9.17) is 0 Å². The molecule has 3 nitrogen and oxygen atoms in total. The molecule has 0 unspecified atom stereocenters. The maximum absolute atomic E-state index is 11.5. The van der Waals surface area contributed by atoms with E-state index in [1.165, 1.54) is 12.1 Å². The Bertz CT molecular complexity index is 483. The maximum Gasteiger partial charge on any atom is 1.00 e. The van der Waals surface area contributed by atoms with Gasteiger partial charge in [0.25, 0.3) is 0 Å². The summed E-state index contributed by atoms with van der Waals surface area (Å²) in [6, 6.07) is 8.80. The summed E-state index contributed by atoms with van der Waals surface area (Å²) in [4.78, 5) is 0.179. The monoisotopic (exact) mass is 229 g/mol. The average Bonchev–Trinajstić information content (AvgIpc) is 2.18. The molecule has 0 spiro atoms. The van der Waals surface area contributed by atoms with E-state index in [2.05, 4.69) is 16.7 Å². The molecule has 0 bridgehead atoms. The van der Waals surface area contributed by atoms with Gasteiger partial charge in [-0.1, -0.05) is 24.6 Å². The van der Waals surface area contributed by atoms with Crippen LogP contribution in [0.25, 0.3) is 4.72 Å². The minimum atomic E-state index is -3.60. The molecule has 0 atom stereocenters. The van der Waals surface area contributed by atoms with Gasteiger partial charge in [0.2, 0.25) is 0 Å². The first-order valence-corrected chi connectivity index (χ1v) is 6.02. The van der Waals surface area contributed by atoms with Crippen LogP contribution in [0, 0.1) is 18.9 Å². The molecule has 0 aromatic heterocycles. The summed E-state index contributed by atoms with van der Waals surface area (Å²) in [5.74, 6) is 2.59. The van der Waals surface area contributed by atoms with Crippen LogP contribution in [-0.4, -0.2) is 8.42 Å². The summed E-state index contributed by atoms with van der Waals surface area (Å²) in [6.45, 7) is 3.73. The van der Waals surface area contributed by atoms with Crippen molar-refractivity contribution in [2.45, 2.75) is 25.2 Å². The van der Waals surface area contributed by atoms with Crippen molar-refractivity contribution in [3.8, 4) is 12.0 Å². The van der Waals surface area contributed by atoms with Gasteiger partial charge in [0.1, 0.15) is 10.0 Å². The molecule has 16 heavy (non-hydrogen) atoms. The molecule has 0 heterocycles. The smallest absolute Gasteiger partial charge is 0.531 e. The Labute approximate surface area is 109 Å². The number of benzene rings is 1. The predicted molar refractivity (Wildman–Crippen MR) is 59.8 cm³/mol. The fourth-order valence-corrected chi connectivity index (χ4v) is 1.70. The Hall–Kier alpha value is -0.873. The molecule has 5 heteroatoms. The molecule has 1 aromatic carbocycles. The summed E-state index contributed by atoms with van der Waals surface area (Å²) in [7, 11) is -3.60. The van der Waals surface area contributed by atoms with Crippen molar-refractivity contribution in [3.63, 3.8) is 0 Å². The molecule has 0 aliphatic carbocycles. The van der Waals surface area contributed by atoms with Crippen LogP contribution < -0.4 is 18.9 Å². The van der Waals surface area contributed by atoms with Gasteiger partial charge in [-0.05, 0) is 19.1 Å². The maximum atomic E-state index is 11.5. The van der Waals surface area contributed by atoms with Crippen molar-refractivity contribution >= 4 is 10.0 Å². The van der Waals surface area contributed by atoms with Crippen LogP contribution in [0.1, 0.15) is 18.9 Å². The molecule has 0 aliphatic heterocycles. The molecule has 1 aromatic rings. The third kappa shape index (κ3) is 4.33. The number of rotatable bonds is 2. The zero-order valence-corrected chi connectivity index (χ0v) is 10.5. The second kappa shape index (κ2) is 6.65. The van der Waals surface area contributed by atoms with E-state index in [9.17, 15) is 8.42 Å². The molecular formula is C11H12LiNO2S. The minimum absolute atomic E-state index is 0. The van der Waals surface area contributed by atoms with Crippen molar-refractivity contribution in [3.05, 3.63) is 34.6 Å². The van der Waals surface area contributed by atoms with Crippen LogP contribution in [0.4, 0.5) is 0 Å². The molecule has 0 aliphatic rings. The van der Waals surface area contributed by atoms with E-state index in [0.717, 1.165) is 5.56 Å². The van der Waals surface area contributed by atoms with Crippen LogP contribution >= 0.6 is 0 Å². The third-order valence-electron chi connectivity index (χ3n) is 1.74. The fraction of sp³-hybridized carbons (Fsp3) is 0.273. The Kier molecular flexibility index (Phi) is 6.29. The van der Waals surface area contributed by atoms with E-state index in [1.807, 2.05) is 13.8 Å². The Balaban J connectivity index is 0.00000225. The van der Waals surface area contributed by atoms with Crippen LogP contribution in [0.3, 0.4) is 0 Å². The summed E-state index contributed by atoms with van der Waals surface area (Å²) in [5, 5.41) is 0. The first-order valence-electron chi connectivity index (χ1n) is 4.58. The minimum Gasteiger partial charge on any atom is -0.531 e. The number of hydrogen-bond donors (Lipinski definition) is 0. The van der Waals surface area contributed by atoms with Gasteiger partial charge in [0.15, 0.2) is 0 Å². The number of aryl methyl sites for hydroxylation is 1. The zero-order valence-electron chi connectivity index (χ0n) is 9.69. The third-order valence-corrected chi connectivity index (χ3v) is 2.94. The van der Waals surface area contributed by atoms with Gasteiger partial charge in [0, 0.05) is 6.42 Å². The second-order valence-corrected chi connectivity index (χ2v) is 4.63. The summed E-state index contributed by atoms with van der Waals surface area (Å²) in [6.07, 6.45) is 0.590. The number of nitrogens with zero attached hydrogens (tertiary/aromatic N) is 1. The van der Waals surface area contributed by atoms with Gasteiger partial charge < -0.3 is 4.72 Å².